The summed E-state index contributed by atoms with van der Waals surface area (Å²) in [7, 11) is 1.48. The lowest BCUT2D eigenvalue weighted by Crippen LogP contribution is -2.24. The van der Waals surface area contributed by atoms with E-state index in [0.29, 0.717) is 11.3 Å². The molecule has 1 atom stereocenters. The molecule has 0 radical (unpaired) electrons. The van der Waals surface area contributed by atoms with Gasteiger partial charge in [0.05, 0.1) is 7.11 Å². The molecule has 0 saturated carbocycles. The number of hydrogen-bond acceptors (Lipinski definition) is 2. The van der Waals surface area contributed by atoms with Crippen molar-refractivity contribution in [2.45, 2.75) is 26.4 Å². The van der Waals surface area contributed by atoms with Gasteiger partial charge in [-0.25, -0.2) is 4.39 Å². The lowest BCUT2D eigenvalue weighted by atomic mass is 9.86. The van der Waals surface area contributed by atoms with Crippen LogP contribution in [0.2, 0.25) is 0 Å². The second-order valence-electron chi connectivity index (χ2n) is 5.22. The lowest BCUT2D eigenvalue weighted by molar-refractivity contribution is 0.0978. The van der Waals surface area contributed by atoms with Gasteiger partial charge in [-0.2, -0.15) is 0 Å². The Labute approximate surface area is 118 Å². The van der Waals surface area contributed by atoms with Crippen LogP contribution in [0.5, 0.6) is 5.75 Å². The Hall–Kier alpha value is -1.87. The first-order valence-electron chi connectivity index (χ1n) is 6.50. The number of methoxy groups -OCH3 is 1. The van der Waals surface area contributed by atoms with Gasteiger partial charge in [-0.3, -0.25) is 0 Å². The minimum atomic E-state index is -1.38. The number of halogens is 1. The Bertz CT molecular complexity index is 633. The van der Waals surface area contributed by atoms with Crippen LogP contribution in [0.15, 0.2) is 36.4 Å². The molecule has 2 aromatic carbocycles. The first-order chi connectivity index (χ1) is 9.36. The van der Waals surface area contributed by atoms with Crippen LogP contribution in [-0.4, -0.2) is 12.2 Å². The quantitative estimate of drug-likeness (QED) is 0.924. The number of benzene rings is 2. The van der Waals surface area contributed by atoms with Crippen molar-refractivity contribution in [3.63, 3.8) is 0 Å². The summed E-state index contributed by atoms with van der Waals surface area (Å²) in [5.74, 6) is -0.0466. The van der Waals surface area contributed by atoms with Gasteiger partial charge in [0.15, 0.2) is 0 Å². The summed E-state index contributed by atoms with van der Waals surface area (Å²) in [5.41, 5.74) is 1.73. The molecule has 0 aliphatic rings. The predicted octanol–water partition coefficient (Wildman–Crippen LogP) is 3.71. The molecule has 20 heavy (non-hydrogen) atoms. The number of aryl methyl sites for hydroxylation is 2. The Morgan fingerprint density at radius 1 is 1.05 bits per heavy atom. The molecule has 0 amide bonds. The third-order valence-corrected chi connectivity index (χ3v) is 3.77. The number of hydrogen-bond donors (Lipinski definition) is 1. The maximum Gasteiger partial charge on any atom is 0.133 e. The van der Waals surface area contributed by atoms with Crippen LogP contribution >= 0.6 is 0 Å². The van der Waals surface area contributed by atoms with E-state index in [0.717, 1.165) is 11.1 Å². The van der Waals surface area contributed by atoms with Crippen LogP contribution in [0.3, 0.4) is 0 Å². The summed E-state index contributed by atoms with van der Waals surface area (Å²) >= 11 is 0. The molecule has 0 heterocycles. The van der Waals surface area contributed by atoms with E-state index in [1.165, 1.54) is 13.2 Å². The van der Waals surface area contributed by atoms with Gasteiger partial charge in [0, 0.05) is 11.6 Å². The van der Waals surface area contributed by atoms with Crippen molar-refractivity contribution in [1.82, 2.24) is 0 Å². The minimum Gasteiger partial charge on any atom is -0.497 e. The van der Waals surface area contributed by atoms with E-state index in [9.17, 15) is 9.50 Å². The summed E-state index contributed by atoms with van der Waals surface area (Å²) in [6.45, 7) is 5.57. The number of ether oxygens (including phenoxy) is 1. The molecule has 0 fully saturated rings. The van der Waals surface area contributed by atoms with Crippen LogP contribution in [0, 0.1) is 19.7 Å². The largest absolute Gasteiger partial charge is 0.497 e. The third kappa shape index (κ3) is 2.54. The van der Waals surface area contributed by atoms with E-state index in [1.54, 1.807) is 19.1 Å². The summed E-state index contributed by atoms with van der Waals surface area (Å²) in [5, 5.41) is 10.7. The highest BCUT2D eigenvalue weighted by atomic mass is 19.1. The van der Waals surface area contributed by atoms with E-state index in [-0.39, 0.29) is 5.56 Å². The topological polar surface area (TPSA) is 29.5 Å². The maximum atomic E-state index is 14.2. The van der Waals surface area contributed by atoms with Crippen molar-refractivity contribution in [3.05, 3.63) is 64.5 Å². The average molecular weight is 274 g/mol. The van der Waals surface area contributed by atoms with E-state index < -0.39 is 11.4 Å². The molecule has 1 N–H and O–H groups in total. The molecule has 2 aromatic rings. The van der Waals surface area contributed by atoms with Gasteiger partial charge in [0.2, 0.25) is 0 Å². The Morgan fingerprint density at radius 3 is 2.30 bits per heavy atom. The fourth-order valence-corrected chi connectivity index (χ4v) is 2.22. The van der Waals surface area contributed by atoms with E-state index in [4.69, 9.17) is 4.74 Å². The standard InChI is InChI=1S/C17H19FO2/c1-11-5-6-13(9-12(11)2)17(3,19)15-8-7-14(20-4)10-16(15)18/h5-10,19H,1-4H3. The van der Waals surface area contributed by atoms with Crippen LogP contribution in [-0.2, 0) is 5.60 Å². The Morgan fingerprint density at radius 2 is 1.75 bits per heavy atom. The van der Waals surface area contributed by atoms with E-state index in [2.05, 4.69) is 0 Å². The molecular formula is C17H19FO2. The van der Waals surface area contributed by atoms with Crippen LogP contribution in [0.25, 0.3) is 0 Å². The van der Waals surface area contributed by atoms with Crippen molar-refractivity contribution < 1.29 is 14.2 Å². The van der Waals surface area contributed by atoms with Gasteiger partial charge >= 0.3 is 0 Å². The lowest BCUT2D eigenvalue weighted by Gasteiger charge is -2.26. The summed E-state index contributed by atoms with van der Waals surface area (Å²) in [4.78, 5) is 0. The molecule has 0 aliphatic heterocycles. The van der Waals surface area contributed by atoms with Gasteiger partial charge < -0.3 is 9.84 Å². The second kappa shape index (κ2) is 5.25. The smallest absolute Gasteiger partial charge is 0.133 e. The van der Waals surface area contributed by atoms with Crippen molar-refractivity contribution in [2.24, 2.45) is 0 Å². The van der Waals surface area contributed by atoms with Crippen molar-refractivity contribution >= 4 is 0 Å². The first kappa shape index (κ1) is 14.5. The Kier molecular flexibility index (Phi) is 3.82. The van der Waals surface area contributed by atoms with Gasteiger partial charge in [-0.05, 0) is 49.6 Å². The minimum absolute atomic E-state index is 0.238. The van der Waals surface area contributed by atoms with Crippen molar-refractivity contribution in [1.29, 1.82) is 0 Å². The number of aliphatic hydroxyl groups is 1. The highest BCUT2D eigenvalue weighted by Crippen LogP contribution is 2.33. The molecule has 2 nitrogen and oxygen atoms in total. The highest BCUT2D eigenvalue weighted by molar-refractivity contribution is 5.41. The van der Waals surface area contributed by atoms with Crippen LogP contribution in [0.4, 0.5) is 4.39 Å². The summed E-state index contributed by atoms with van der Waals surface area (Å²) < 4.78 is 19.1. The third-order valence-electron chi connectivity index (χ3n) is 3.77. The summed E-state index contributed by atoms with van der Waals surface area (Å²) in [6.07, 6.45) is 0. The van der Waals surface area contributed by atoms with Crippen LogP contribution < -0.4 is 4.74 Å². The van der Waals surface area contributed by atoms with Gasteiger partial charge in [-0.15, -0.1) is 0 Å². The normalized spacial score (nSPS) is 13.9. The van der Waals surface area contributed by atoms with Crippen molar-refractivity contribution in [2.75, 3.05) is 7.11 Å². The van der Waals surface area contributed by atoms with Gasteiger partial charge in [0.1, 0.15) is 17.2 Å². The molecule has 0 aliphatic carbocycles. The van der Waals surface area contributed by atoms with E-state index in [1.807, 2.05) is 32.0 Å². The van der Waals surface area contributed by atoms with Gasteiger partial charge in [-0.1, -0.05) is 18.2 Å². The predicted molar refractivity (Wildman–Crippen MR) is 77.5 cm³/mol. The zero-order valence-corrected chi connectivity index (χ0v) is 12.2. The molecule has 1 unspecified atom stereocenters. The summed E-state index contributed by atoms with van der Waals surface area (Å²) in [6, 6.07) is 10.1. The molecule has 0 spiro atoms. The zero-order chi connectivity index (χ0) is 14.9. The molecule has 106 valence electrons. The fourth-order valence-electron chi connectivity index (χ4n) is 2.22. The Balaban J connectivity index is 2.51. The SMILES string of the molecule is COc1ccc(C(C)(O)c2ccc(C)c(C)c2)c(F)c1. The number of rotatable bonds is 3. The molecule has 3 heteroatoms. The van der Waals surface area contributed by atoms with Crippen molar-refractivity contribution in [3.8, 4) is 5.75 Å². The molecular weight excluding hydrogens is 255 g/mol. The second-order valence-corrected chi connectivity index (χ2v) is 5.22. The molecule has 0 saturated heterocycles. The maximum absolute atomic E-state index is 14.2. The zero-order valence-electron chi connectivity index (χ0n) is 12.2. The van der Waals surface area contributed by atoms with Gasteiger partial charge in [0.25, 0.3) is 0 Å². The van der Waals surface area contributed by atoms with E-state index >= 15 is 0 Å². The molecule has 0 bridgehead atoms. The molecule has 2 rings (SSSR count). The fraction of sp³-hybridized carbons (Fsp3) is 0.294. The molecule has 0 aromatic heterocycles. The monoisotopic (exact) mass is 274 g/mol. The first-order valence-corrected chi connectivity index (χ1v) is 6.50. The average Bonchev–Trinajstić information content (AvgIpc) is 2.41. The highest BCUT2D eigenvalue weighted by Gasteiger charge is 2.29. The van der Waals surface area contributed by atoms with Crippen LogP contribution in [0.1, 0.15) is 29.2 Å².